The summed E-state index contributed by atoms with van der Waals surface area (Å²) in [6.45, 7) is 0.248. The van der Waals surface area contributed by atoms with E-state index in [-0.39, 0.29) is 12.5 Å². The fourth-order valence-corrected chi connectivity index (χ4v) is 3.22. The quantitative estimate of drug-likeness (QED) is 0.565. The number of amides is 1. The summed E-state index contributed by atoms with van der Waals surface area (Å²) < 4.78 is 1.70. The number of hydrogen-bond acceptors (Lipinski definition) is 6. The molecule has 0 aliphatic heterocycles. The molecule has 130 valence electrons. The second-order valence-corrected chi connectivity index (χ2v) is 6.53. The van der Waals surface area contributed by atoms with Crippen molar-refractivity contribution in [1.82, 2.24) is 35.3 Å². The van der Waals surface area contributed by atoms with Crippen molar-refractivity contribution in [2.75, 3.05) is 0 Å². The van der Waals surface area contributed by atoms with Gasteiger partial charge in [-0.1, -0.05) is 6.07 Å². The predicted molar refractivity (Wildman–Crippen MR) is 97.3 cm³/mol. The Bertz CT molecular complexity index is 1040. The fraction of sp³-hybridized carbons (Fsp3) is 0.118. The minimum atomic E-state index is -0.271. The maximum atomic E-state index is 12.4. The number of nitrogens with zero attached hydrogens (tertiary/aromatic N) is 5. The number of carbonyl (C=O) groups is 1. The van der Waals surface area contributed by atoms with Crippen molar-refractivity contribution in [3.8, 4) is 21.8 Å². The molecule has 0 saturated carbocycles. The monoisotopic (exact) mass is 365 g/mol. The van der Waals surface area contributed by atoms with Crippen LogP contribution in [0, 0.1) is 0 Å². The minimum absolute atomic E-state index is 0.248. The third-order valence-electron chi connectivity index (χ3n) is 3.77. The molecule has 4 aromatic rings. The molecule has 0 spiro atoms. The first-order valence-corrected chi connectivity index (χ1v) is 8.75. The van der Waals surface area contributed by atoms with E-state index in [2.05, 4.69) is 30.6 Å². The standard InChI is InChI=1S/C17H15N7OS/c1-24-10-11(8-21-24)16-14(18-4-5-19-16)9-20-17(25)13-7-12(22-23-13)15-3-2-6-26-15/h2-8,10H,9H2,1H3,(H,20,25)(H,22,23). The van der Waals surface area contributed by atoms with E-state index in [1.54, 1.807) is 40.7 Å². The number of thiophene rings is 1. The largest absolute Gasteiger partial charge is 0.345 e. The molecule has 4 heterocycles. The highest BCUT2D eigenvalue weighted by atomic mass is 32.1. The van der Waals surface area contributed by atoms with Gasteiger partial charge in [0, 0.05) is 31.2 Å². The number of aryl methyl sites for hydroxylation is 1. The van der Waals surface area contributed by atoms with Crippen LogP contribution in [0.5, 0.6) is 0 Å². The first-order valence-electron chi connectivity index (χ1n) is 7.87. The third-order valence-corrected chi connectivity index (χ3v) is 4.67. The van der Waals surface area contributed by atoms with Gasteiger partial charge >= 0.3 is 0 Å². The topological polar surface area (TPSA) is 101 Å². The van der Waals surface area contributed by atoms with Gasteiger partial charge in [-0.05, 0) is 17.5 Å². The van der Waals surface area contributed by atoms with E-state index in [1.165, 1.54) is 0 Å². The summed E-state index contributed by atoms with van der Waals surface area (Å²) in [5.41, 5.74) is 3.37. The summed E-state index contributed by atoms with van der Waals surface area (Å²) in [5.74, 6) is -0.271. The molecule has 0 saturated heterocycles. The Labute approximate surface area is 152 Å². The summed E-state index contributed by atoms with van der Waals surface area (Å²) in [4.78, 5) is 22.1. The van der Waals surface area contributed by atoms with Gasteiger partial charge in [0.1, 0.15) is 0 Å². The van der Waals surface area contributed by atoms with Crippen LogP contribution < -0.4 is 5.32 Å². The SMILES string of the molecule is Cn1cc(-c2nccnc2CNC(=O)c2cc(-c3cccs3)[nH]n2)cn1. The number of hydrogen-bond donors (Lipinski definition) is 2. The lowest BCUT2D eigenvalue weighted by molar-refractivity contribution is 0.0945. The van der Waals surface area contributed by atoms with Crippen LogP contribution in [0.15, 0.2) is 48.4 Å². The molecule has 0 aliphatic carbocycles. The number of carbonyl (C=O) groups excluding carboxylic acids is 1. The van der Waals surface area contributed by atoms with Crippen molar-refractivity contribution in [1.29, 1.82) is 0 Å². The first kappa shape index (κ1) is 16.2. The average molecular weight is 365 g/mol. The zero-order chi connectivity index (χ0) is 17.9. The average Bonchev–Trinajstić information content (AvgIpc) is 3.40. The molecule has 1 amide bonds. The normalized spacial score (nSPS) is 10.8. The Morgan fingerprint density at radius 2 is 2.23 bits per heavy atom. The molecule has 0 bridgehead atoms. The minimum Gasteiger partial charge on any atom is -0.345 e. The van der Waals surface area contributed by atoms with Gasteiger partial charge in [0.05, 0.1) is 34.7 Å². The van der Waals surface area contributed by atoms with Gasteiger partial charge < -0.3 is 5.32 Å². The lowest BCUT2D eigenvalue weighted by Crippen LogP contribution is -2.24. The van der Waals surface area contributed by atoms with Gasteiger partial charge in [0.15, 0.2) is 5.69 Å². The second-order valence-electron chi connectivity index (χ2n) is 5.58. The number of aromatic nitrogens is 6. The van der Waals surface area contributed by atoms with Crippen molar-refractivity contribution in [2.24, 2.45) is 7.05 Å². The van der Waals surface area contributed by atoms with Crippen molar-refractivity contribution in [2.45, 2.75) is 6.54 Å². The summed E-state index contributed by atoms with van der Waals surface area (Å²) in [5, 5.41) is 15.9. The Morgan fingerprint density at radius 3 is 3.00 bits per heavy atom. The molecule has 0 fully saturated rings. The maximum absolute atomic E-state index is 12.4. The van der Waals surface area contributed by atoms with Crippen LogP contribution in [0.4, 0.5) is 0 Å². The molecule has 0 unspecified atom stereocenters. The molecule has 0 atom stereocenters. The molecule has 2 N–H and O–H groups in total. The van der Waals surface area contributed by atoms with E-state index < -0.39 is 0 Å². The second kappa shape index (κ2) is 6.89. The third kappa shape index (κ3) is 3.24. The number of aromatic amines is 1. The van der Waals surface area contributed by atoms with E-state index >= 15 is 0 Å². The van der Waals surface area contributed by atoms with Crippen LogP contribution in [0.1, 0.15) is 16.2 Å². The van der Waals surface area contributed by atoms with Crippen molar-refractivity contribution >= 4 is 17.2 Å². The van der Waals surface area contributed by atoms with Gasteiger partial charge in [-0.15, -0.1) is 11.3 Å². The van der Waals surface area contributed by atoms with Crippen molar-refractivity contribution < 1.29 is 4.79 Å². The Morgan fingerprint density at radius 1 is 1.35 bits per heavy atom. The summed E-state index contributed by atoms with van der Waals surface area (Å²) in [7, 11) is 1.84. The lowest BCUT2D eigenvalue weighted by atomic mass is 10.2. The first-order chi connectivity index (χ1) is 12.7. The molecular weight excluding hydrogens is 350 g/mol. The van der Waals surface area contributed by atoms with Gasteiger partial charge in [-0.2, -0.15) is 10.2 Å². The molecular formula is C17H15N7OS. The van der Waals surface area contributed by atoms with Crippen LogP contribution in [0.2, 0.25) is 0 Å². The molecule has 0 radical (unpaired) electrons. The highest BCUT2D eigenvalue weighted by Crippen LogP contribution is 2.23. The summed E-state index contributed by atoms with van der Waals surface area (Å²) in [6.07, 6.45) is 6.80. The molecule has 9 heteroatoms. The predicted octanol–water partition coefficient (Wildman–Crippen LogP) is 2.26. The number of nitrogens with one attached hydrogen (secondary N) is 2. The lowest BCUT2D eigenvalue weighted by Gasteiger charge is -2.06. The van der Waals surface area contributed by atoms with Crippen molar-refractivity contribution in [3.05, 3.63) is 59.8 Å². The van der Waals surface area contributed by atoms with E-state index in [0.717, 1.165) is 16.1 Å². The number of H-pyrrole nitrogens is 1. The summed E-state index contributed by atoms with van der Waals surface area (Å²) >= 11 is 1.58. The van der Waals surface area contributed by atoms with E-state index in [1.807, 2.05) is 30.8 Å². The van der Waals surface area contributed by atoms with Gasteiger partial charge in [0.2, 0.25) is 0 Å². The highest BCUT2D eigenvalue weighted by Gasteiger charge is 2.14. The van der Waals surface area contributed by atoms with Gasteiger partial charge in [-0.3, -0.25) is 24.5 Å². The van der Waals surface area contributed by atoms with E-state index in [4.69, 9.17) is 0 Å². The Kier molecular flexibility index (Phi) is 4.28. The van der Waals surface area contributed by atoms with E-state index in [0.29, 0.717) is 17.1 Å². The van der Waals surface area contributed by atoms with Crippen LogP contribution in [-0.2, 0) is 13.6 Å². The van der Waals surface area contributed by atoms with Crippen LogP contribution in [0.25, 0.3) is 21.8 Å². The summed E-state index contributed by atoms with van der Waals surface area (Å²) in [6, 6.07) is 5.66. The van der Waals surface area contributed by atoms with E-state index in [9.17, 15) is 4.79 Å². The number of rotatable bonds is 5. The maximum Gasteiger partial charge on any atom is 0.272 e. The van der Waals surface area contributed by atoms with Crippen molar-refractivity contribution in [3.63, 3.8) is 0 Å². The molecule has 4 aromatic heterocycles. The fourth-order valence-electron chi connectivity index (χ4n) is 2.53. The molecule has 8 nitrogen and oxygen atoms in total. The molecule has 0 aliphatic rings. The Hall–Kier alpha value is -3.33. The molecule has 26 heavy (non-hydrogen) atoms. The van der Waals surface area contributed by atoms with Crippen LogP contribution >= 0.6 is 11.3 Å². The molecule has 4 rings (SSSR count). The zero-order valence-corrected chi connectivity index (χ0v) is 14.7. The van der Waals surface area contributed by atoms with Crippen LogP contribution in [-0.4, -0.2) is 35.9 Å². The highest BCUT2D eigenvalue weighted by molar-refractivity contribution is 7.13. The zero-order valence-electron chi connectivity index (χ0n) is 13.9. The smallest absolute Gasteiger partial charge is 0.272 e. The van der Waals surface area contributed by atoms with Crippen LogP contribution in [0.3, 0.4) is 0 Å². The Balaban J connectivity index is 1.49. The van der Waals surface area contributed by atoms with Gasteiger partial charge in [-0.25, -0.2) is 0 Å². The molecule has 0 aromatic carbocycles. The van der Waals surface area contributed by atoms with Gasteiger partial charge in [0.25, 0.3) is 5.91 Å².